The van der Waals surface area contributed by atoms with E-state index in [0.29, 0.717) is 17.7 Å². The van der Waals surface area contributed by atoms with E-state index in [2.05, 4.69) is 0 Å². The third kappa shape index (κ3) is 3.27. The van der Waals surface area contributed by atoms with Crippen molar-refractivity contribution in [1.29, 1.82) is 0 Å². The Morgan fingerprint density at radius 2 is 2.18 bits per heavy atom. The monoisotopic (exact) mass is 239 g/mol. The number of amides is 1. The van der Waals surface area contributed by atoms with Gasteiger partial charge in [-0.2, -0.15) is 0 Å². The van der Waals surface area contributed by atoms with E-state index in [-0.39, 0.29) is 17.8 Å². The van der Waals surface area contributed by atoms with E-state index in [4.69, 9.17) is 4.74 Å². The molecule has 0 heterocycles. The lowest BCUT2D eigenvalue weighted by atomic mass is 10.1. The van der Waals surface area contributed by atoms with Gasteiger partial charge in [-0.15, -0.1) is 0 Å². The first-order valence-corrected chi connectivity index (χ1v) is 5.49. The van der Waals surface area contributed by atoms with Crippen molar-refractivity contribution in [2.45, 2.75) is 19.9 Å². The Kier molecular flexibility index (Phi) is 4.63. The minimum Gasteiger partial charge on any atom is -0.383 e. The number of methoxy groups -OCH3 is 1. The predicted octanol–water partition coefficient (Wildman–Crippen LogP) is 2.24. The number of carbonyl (C=O) groups is 1. The molecule has 1 atom stereocenters. The van der Waals surface area contributed by atoms with Crippen LogP contribution in [0.15, 0.2) is 18.2 Å². The number of halogens is 1. The van der Waals surface area contributed by atoms with Crippen LogP contribution < -0.4 is 0 Å². The maximum absolute atomic E-state index is 12.9. The van der Waals surface area contributed by atoms with Crippen molar-refractivity contribution in [2.75, 3.05) is 20.8 Å². The molecular formula is C13H18FNO2. The fourth-order valence-corrected chi connectivity index (χ4v) is 1.61. The summed E-state index contributed by atoms with van der Waals surface area (Å²) in [6, 6.07) is 4.16. The molecule has 0 fully saturated rings. The van der Waals surface area contributed by atoms with Crippen LogP contribution in [0.1, 0.15) is 22.8 Å². The zero-order valence-electron chi connectivity index (χ0n) is 10.7. The quantitative estimate of drug-likeness (QED) is 0.806. The molecular weight excluding hydrogens is 221 g/mol. The summed E-state index contributed by atoms with van der Waals surface area (Å²) in [4.78, 5) is 13.7. The molecule has 1 aromatic rings. The molecule has 1 unspecified atom stereocenters. The second-order valence-electron chi connectivity index (χ2n) is 4.18. The highest BCUT2D eigenvalue weighted by atomic mass is 19.1. The standard InChI is InChI=1S/C13H18FNO2/c1-9-7-11(14)5-6-12(9)13(16)15(3)10(2)8-17-4/h5-7,10H,8H2,1-4H3. The molecule has 17 heavy (non-hydrogen) atoms. The summed E-state index contributed by atoms with van der Waals surface area (Å²) >= 11 is 0. The Morgan fingerprint density at radius 1 is 1.53 bits per heavy atom. The van der Waals surface area contributed by atoms with Gasteiger partial charge in [0, 0.05) is 19.7 Å². The summed E-state index contributed by atoms with van der Waals surface area (Å²) < 4.78 is 18.0. The molecule has 0 aromatic heterocycles. The molecule has 1 aromatic carbocycles. The van der Waals surface area contributed by atoms with Crippen molar-refractivity contribution >= 4 is 5.91 Å². The number of ether oxygens (including phenoxy) is 1. The lowest BCUT2D eigenvalue weighted by molar-refractivity contribution is 0.0633. The zero-order chi connectivity index (χ0) is 13.0. The zero-order valence-corrected chi connectivity index (χ0v) is 10.7. The molecule has 0 N–H and O–H groups in total. The first kappa shape index (κ1) is 13.6. The maximum atomic E-state index is 12.9. The first-order chi connectivity index (χ1) is 7.97. The van der Waals surface area contributed by atoms with E-state index in [1.54, 1.807) is 26.0 Å². The van der Waals surface area contributed by atoms with Crippen molar-refractivity contribution in [2.24, 2.45) is 0 Å². The molecule has 0 bridgehead atoms. The second kappa shape index (κ2) is 5.77. The average Bonchev–Trinajstić information content (AvgIpc) is 2.27. The lowest BCUT2D eigenvalue weighted by Crippen LogP contribution is -2.38. The van der Waals surface area contributed by atoms with Gasteiger partial charge >= 0.3 is 0 Å². The van der Waals surface area contributed by atoms with Gasteiger partial charge in [0.15, 0.2) is 0 Å². The van der Waals surface area contributed by atoms with Crippen molar-refractivity contribution in [3.05, 3.63) is 35.1 Å². The van der Waals surface area contributed by atoms with Crippen LogP contribution in [0.4, 0.5) is 4.39 Å². The largest absolute Gasteiger partial charge is 0.383 e. The van der Waals surface area contributed by atoms with Crippen LogP contribution in [-0.4, -0.2) is 37.6 Å². The summed E-state index contributed by atoms with van der Waals surface area (Å²) in [5, 5.41) is 0. The molecule has 0 spiro atoms. The average molecular weight is 239 g/mol. The number of rotatable bonds is 4. The van der Waals surface area contributed by atoms with Crippen LogP contribution in [0.3, 0.4) is 0 Å². The van der Waals surface area contributed by atoms with E-state index in [9.17, 15) is 9.18 Å². The van der Waals surface area contributed by atoms with E-state index >= 15 is 0 Å². The van der Waals surface area contributed by atoms with Crippen LogP contribution >= 0.6 is 0 Å². The summed E-state index contributed by atoms with van der Waals surface area (Å²) in [5.74, 6) is -0.446. The molecule has 0 radical (unpaired) electrons. The van der Waals surface area contributed by atoms with Crippen molar-refractivity contribution in [3.8, 4) is 0 Å². The highest BCUT2D eigenvalue weighted by Gasteiger charge is 2.18. The van der Waals surface area contributed by atoms with Crippen LogP contribution in [-0.2, 0) is 4.74 Å². The summed E-state index contributed by atoms with van der Waals surface area (Å²) in [6.45, 7) is 4.11. The van der Waals surface area contributed by atoms with Crippen LogP contribution in [0.5, 0.6) is 0 Å². The normalized spacial score (nSPS) is 12.3. The Labute approximate surface area is 101 Å². The minimum atomic E-state index is -0.327. The van der Waals surface area contributed by atoms with Gasteiger partial charge in [-0.05, 0) is 37.6 Å². The van der Waals surface area contributed by atoms with Crippen molar-refractivity contribution in [3.63, 3.8) is 0 Å². The van der Waals surface area contributed by atoms with Gasteiger partial charge < -0.3 is 9.64 Å². The third-order valence-electron chi connectivity index (χ3n) is 2.81. The first-order valence-electron chi connectivity index (χ1n) is 5.49. The van der Waals surface area contributed by atoms with Crippen molar-refractivity contribution < 1.29 is 13.9 Å². The van der Waals surface area contributed by atoms with Crippen molar-refractivity contribution in [1.82, 2.24) is 4.90 Å². The Balaban J connectivity index is 2.88. The number of carbonyl (C=O) groups excluding carboxylic acids is 1. The van der Waals surface area contributed by atoms with Gasteiger partial charge in [0.25, 0.3) is 5.91 Å². The molecule has 0 aliphatic carbocycles. The Bertz CT molecular complexity index is 406. The smallest absolute Gasteiger partial charge is 0.254 e. The van der Waals surface area contributed by atoms with Gasteiger partial charge in [-0.25, -0.2) is 4.39 Å². The molecule has 94 valence electrons. The number of nitrogens with zero attached hydrogens (tertiary/aromatic N) is 1. The molecule has 4 heteroatoms. The topological polar surface area (TPSA) is 29.5 Å². The highest BCUT2D eigenvalue weighted by molar-refractivity contribution is 5.95. The number of likely N-dealkylation sites (N-methyl/N-ethyl adjacent to an activating group) is 1. The molecule has 0 aliphatic heterocycles. The molecule has 0 saturated carbocycles. The van der Waals surface area contributed by atoms with Gasteiger partial charge in [0.05, 0.1) is 12.6 Å². The van der Waals surface area contributed by atoms with E-state index in [1.165, 1.54) is 18.2 Å². The number of hydrogen-bond donors (Lipinski definition) is 0. The Hall–Kier alpha value is -1.42. The maximum Gasteiger partial charge on any atom is 0.254 e. The summed E-state index contributed by atoms with van der Waals surface area (Å²) in [7, 11) is 3.31. The van der Waals surface area contributed by atoms with Crippen LogP contribution in [0.25, 0.3) is 0 Å². The van der Waals surface area contributed by atoms with Gasteiger partial charge in [-0.3, -0.25) is 4.79 Å². The van der Waals surface area contributed by atoms with Crippen LogP contribution in [0, 0.1) is 12.7 Å². The molecule has 0 aliphatic rings. The fraction of sp³-hybridized carbons (Fsp3) is 0.462. The molecule has 0 saturated heterocycles. The van der Waals surface area contributed by atoms with Crippen LogP contribution in [0.2, 0.25) is 0 Å². The molecule has 1 amide bonds. The second-order valence-corrected chi connectivity index (χ2v) is 4.18. The Morgan fingerprint density at radius 3 is 2.71 bits per heavy atom. The molecule has 3 nitrogen and oxygen atoms in total. The van der Waals surface area contributed by atoms with Gasteiger partial charge in [-0.1, -0.05) is 0 Å². The fourth-order valence-electron chi connectivity index (χ4n) is 1.61. The number of benzene rings is 1. The van der Waals surface area contributed by atoms with E-state index < -0.39 is 0 Å². The minimum absolute atomic E-state index is 0.0167. The molecule has 1 rings (SSSR count). The summed E-state index contributed by atoms with van der Waals surface area (Å²) in [6.07, 6.45) is 0. The number of aryl methyl sites for hydroxylation is 1. The third-order valence-corrected chi connectivity index (χ3v) is 2.81. The van der Waals surface area contributed by atoms with Gasteiger partial charge in [0.2, 0.25) is 0 Å². The predicted molar refractivity (Wildman–Crippen MR) is 64.6 cm³/mol. The van der Waals surface area contributed by atoms with Gasteiger partial charge in [0.1, 0.15) is 5.82 Å². The number of hydrogen-bond acceptors (Lipinski definition) is 2. The van der Waals surface area contributed by atoms with E-state index in [1.807, 2.05) is 6.92 Å². The lowest BCUT2D eigenvalue weighted by Gasteiger charge is -2.25. The highest BCUT2D eigenvalue weighted by Crippen LogP contribution is 2.13. The SMILES string of the molecule is COCC(C)N(C)C(=O)c1ccc(F)cc1C. The van der Waals surface area contributed by atoms with E-state index in [0.717, 1.165) is 0 Å². The summed E-state index contributed by atoms with van der Waals surface area (Å²) in [5.41, 5.74) is 1.17.